The van der Waals surface area contributed by atoms with Crippen molar-refractivity contribution in [1.82, 2.24) is 0 Å². The lowest BCUT2D eigenvalue weighted by Crippen LogP contribution is -2.15. The Morgan fingerprint density at radius 2 is 2.10 bits per heavy atom. The molecule has 0 heterocycles. The fourth-order valence-corrected chi connectivity index (χ4v) is 1.97. The Morgan fingerprint density at radius 3 is 2.65 bits per heavy atom. The Labute approximate surface area is 120 Å². The van der Waals surface area contributed by atoms with Crippen molar-refractivity contribution in [2.45, 2.75) is 12.8 Å². The summed E-state index contributed by atoms with van der Waals surface area (Å²) in [5, 5.41) is 30.5. The van der Waals surface area contributed by atoms with Gasteiger partial charge in [-0.15, -0.1) is 0 Å². The molecule has 0 atom stereocenters. The summed E-state index contributed by atoms with van der Waals surface area (Å²) in [6.45, 7) is 0. The first-order valence-electron chi connectivity index (χ1n) is 5.91. The van der Waals surface area contributed by atoms with Gasteiger partial charge < -0.3 is 10.4 Å². The van der Waals surface area contributed by atoms with Crippen LogP contribution in [-0.4, -0.2) is 10.1 Å². The summed E-state index contributed by atoms with van der Waals surface area (Å²) in [6, 6.07) is 7.65. The molecular formula is C14H10FN3OS. The molecule has 100 valence electrons. The number of rotatable bonds is 3. The van der Waals surface area contributed by atoms with Crippen LogP contribution in [0.1, 0.15) is 18.4 Å². The maximum Gasteiger partial charge on any atom is 0.143 e. The topological polar surface area (TPSA) is 79.8 Å². The average Bonchev–Trinajstić information content (AvgIpc) is 3.24. The second-order valence-electron chi connectivity index (χ2n) is 4.37. The van der Waals surface area contributed by atoms with E-state index in [-0.39, 0.29) is 33.5 Å². The van der Waals surface area contributed by atoms with Crippen LogP contribution in [0.25, 0.3) is 0 Å². The lowest BCUT2D eigenvalue weighted by molar-refractivity contribution is 0.377. The number of hydrogen-bond donors (Lipinski definition) is 2. The van der Waals surface area contributed by atoms with Crippen molar-refractivity contribution in [2.75, 3.05) is 5.32 Å². The zero-order chi connectivity index (χ0) is 14.7. The monoisotopic (exact) mass is 287 g/mol. The Hall–Kier alpha value is -2.44. The molecule has 0 saturated heterocycles. The summed E-state index contributed by atoms with van der Waals surface area (Å²) in [7, 11) is 0. The quantitative estimate of drug-likeness (QED) is 0.386. The Bertz CT molecular complexity index is 681. The van der Waals surface area contributed by atoms with Crippen molar-refractivity contribution in [3.63, 3.8) is 0 Å². The highest BCUT2D eigenvalue weighted by atomic mass is 32.1. The van der Waals surface area contributed by atoms with Gasteiger partial charge in [0.05, 0.1) is 5.69 Å². The van der Waals surface area contributed by atoms with Crippen molar-refractivity contribution in [2.24, 2.45) is 5.92 Å². The minimum absolute atomic E-state index is 0.0148. The van der Waals surface area contributed by atoms with Crippen LogP contribution in [0.2, 0.25) is 0 Å². The molecule has 2 N–H and O–H groups in total. The van der Waals surface area contributed by atoms with Gasteiger partial charge in [-0.05, 0) is 25.0 Å². The number of nitrogens with one attached hydrogen (secondary N) is 1. The Morgan fingerprint density at radius 1 is 1.40 bits per heavy atom. The number of thiocarbonyl (C=S) groups is 1. The van der Waals surface area contributed by atoms with E-state index in [9.17, 15) is 9.50 Å². The minimum atomic E-state index is -0.672. The van der Waals surface area contributed by atoms with Gasteiger partial charge in [0, 0.05) is 5.92 Å². The van der Waals surface area contributed by atoms with Crippen LogP contribution < -0.4 is 5.32 Å². The predicted molar refractivity (Wildman–Crippen MR) is 75.3 cm³/mol. The van der Waals surface area contributed by atoms with Gasteiger partial charge in [-0.25, -0.2) is 4.39 Å². The molecule has 0 bridgehead atoms. The summed E-state index contributed by atoms with van der Waals surface area (Å²) in [4.78, 5) is -0.0148. The molecule has 1 aromatic rings. The third kappa shape index (κ3) is 2.76. The summed E-state index contributed by atoms with van der Waals surface area (Å²) in [5.41, 5.74) is -0.0393. The molecule has 0 spiro atoms. The number of aliphatic hydroxyl groups is 1. The minimum Gasteiger partial charge on any atom is -0.511 e. The van der Waals surface area contributed by atoms with Crippen LogP contribution in [0.15, 0.2) is 29.5 Å². The summed E-state index contributed by atoms with van der Waals surface area (Å²) >= 11 is 5.05. The molecule has 1 saturated carbocycles. The van der Waals surface area contributed by atoms with E-state index in [1.165, 1.54) is 12.1 Å². The van der Waals surface area contributed by atoms with Gasteiger partial charge in [0.15, 0.2) is 0 Å². The molecule has 1 aromatic carbocycles. The zero-order valence-corrected chi connectivity index (χ0v) is 11.2. The van der Waals surface area contributed by atoms with Crippen molar-refractivity contribution in [3.05, 3.63) is 40.9 Å². The number of benzene rings is 1. The number of nitriles is 2. The zero-order valence-electron chi connectivity index (χ0n) is 10.4. The van der Waals surface area contributed by atoms with Crippen molar-refractivity contribution in [1.29, 1.82) is 10.5 Å². The van der Waals surface area contributed by atoms with Gasteiger partial charge in [0.25, 0.3) is 0 Å². The summed E-state index contributed by atoms with van der Waals surface area (Å²) in [5.74, 6) is -0.735. The number of allylic oxidation sites excluding steroid dienone is 1. The third-order valence-corrected chi connectivity index (χ3v) is 3.24. The van der Waals surface area contributed by atoms with Crippen LogP contribution in [0.3, 0.4) is 0 Å². The van der Waals surface area contributed by atoms with Crippen LogP contribution in [0, 0.1) is 34.4 Å². The molecule has 6 heteroatoms. The normalized spacial score (nSPS) is 14.8. The fourth-order valence-electron chi connectivity index (χ4n) is 1.71. The van der Waals surface area contributed by atoms with E-state index in [2.05, 4.69) is 5.32 Å². The lowest BCUT2D eigenvalue weighted by Gasteiger charge is -2.10. The molecular weight excluding hydrogens is 277 g/mol. The first-order valence-corrected chi connectivity index (χ1v) is 6.32. The van der Waals surface area contributed by atoms with E-state index in [1.54, 1.807) is 6.07 Å². The average molecular weight is 287 g/mol. The van der Waals surface area contributed by atoms with Gasteiger partial charge in [0.1, 0.15) is 39.8 Å². The number of nitrogens with zero attached hydrogens (tertiary/aromatic N) is 2. The van der Waals surface area contributed by atoms with Crippen molar-refractivity contribution in [3.8, 4) is 12.1 Å². The summed E-state index contributed by atoms with van der Waals surface area (Å²) < 4.78 is 13.4. The highest BCUT2D eigenvalue weighted by molar-refractivity contribution is 7.81. The van der Waals surface area contributed by atoms with Crippen LogP contribution in [-0.2, 0) is 0 Å². The van der Waals surface area contributed by atoms with Gasteiger partial charge in [-0.1, -0.05) is 18.3 Å². The first kappa shape index (κ1) is 14.0. The van der Waals surface area contributed by atoms with E-state index in [0.717, 1.165) is 18.9 Å². The molecule has 0 amide bonds. The van der Waals surface area contributed by atoms with Gasteiger partial charge in [0.2, 0.25) is 0 Å². The SMILES string of the molecule is N#CC(C(=S)Nc1cccc(F)c1C#N)=C(O)C1CC1. The third-order valence-electron chi connectivity index (χ3n) is 2.93. The summed E-state index contributed by atoms with van der Waals surface area (Å²) in [6.07, 6.45) is 1.64. The number of anilines is 1. The molecule has 4 nitrogen and oxygen atoms in total. The van der Waals surface area contributed by atoms with Crippen molar-refractivity contribution < 1.29 is 9.50 Å². The molecule has 1 fully saturated rings. The van der Waals surface area contributed by atoms with E-state index < -0.39 is 5.82 Å². The first-order chi connectivity index (χ1) is 9.58. The highest BCUT2D eigenvalue weighted by Crippen LogP contribution is 2.36. The fraction of sp³-hybridized carbons (Fsp3) is 0.214. The number of halogens is 1. The molecule has 20 heavy (non-hydrogen) atoms. The van der Waals surface area contributed by atoms with Gasteiger partial charge >= 0.3 is 0 Å². The predicted octanol–water partition coefficient (Wildman–Crippen LogP) is 3.18. The molecule has 0 aromatic heterocycles. The van der Waals surface area contributed by atoms with E-state index in [4.69, 9.17) is 22.7 Å². The highest BCUT2D eigenvalue weighted by Gasteiger charge is 2.30. The largest absolute Gasteiger partial charge is 0.511 e. The molecule has 1 aliphatic carbocycles. The molecule has 0 unspecified atom stereocenters. The number of hydrogen-bond acceptors (Lipinski definition) is 4. The smallest absolute Gasteiger partial charge is 0.143 e. The maximum absolute atomic E-state index is 13.4. The van der Waals surface area contributed by atoms with E-state index in [0.29, 0.717) is 0 Å². The second kappa shape index (κ2) is 5.68. The standard InChI is InChI=1S/C14H10FN3OS/c15-11-2-1-3-12(9(11)6-16)18-14(20)10(7-17)13(19)8-4-5-8/h1-3,8,19H,4-5H2,(H,18,20). The second-order valence-corrected chi connectivity index (χ2v) is 4.78. The maximum atomic E-state index is 13.4. The van der Waals surface area contributed by atoms with E-state index in [1.807, 2.05) is 6.07 Å². The van der Waals surface area contributed by atoms with Gasteiger partial charge in [-0.2, -0.15) is 10.5 Å². The van der Waals surface area contributed by atoms with Crippen LogP contribution in [0.4, 0.5) is 10.1 Å². The lowest BCUT2D eigenvalue weighted by atomic mass is 10.1. The Balaban J connectivity index is 2.29. The molecule has 2 rings (SSSR count). The van der Waals surface area contributed by atoms with E-state index >= 15 is 0 Å². The van der Waals surface area contributed by atoms with Crippen LogP contribution in [0.5, 0.6) is 0 Å². The van der Waals surface area contributed by atoms with Gasteiger partial charge in [-0.3, -0.25) is 0 Å². The molecule has 0 aliphatic heterocycles. The molecule has 0 radical (unpaired) electrons. The van der Waals surface area contributed by atoms with Crippen molar-refractivity contribution >= 4 is 22.9 Å². The Kier molecular flexibility index (Phi) is 3.97. The van der Waals surface area contributed by atoms with Crippen LogP contribution >= 0.6 is 12.2 Å². The number of aliphatic hydroxyl groups excluding tert-OH is 1. The molecule has 1 aliphatic rings.